The Morgan fingerprint density at radius 3 is 2.50 bits per heavy atom. The highest BCUT2D eigenvalue weighted by Gasteiger charge is 2.32. The fourth-order valence-corrected chi connectivity index (χ4v) is 1.17. The molecule has 0 rings (SSSR count). The molecule has 0 atom stereocenters. The number of nitrogens with two attached hydrogens (primary N) is 1. The van der Waals surface area contributed by atoms with Gasteiger partial charge in [-0.1, -0.05) is 19.0 Å². The summed E-state index contributed by atoms with van der Waals surface area (Å²) in [4.78, 5) is 11.7. The Hall–Kier alpha value is -1.26. The summed E-state index contributed by atoms with van der Waals surface area (Å²) < 4.78 is 0. The smallest absolute Gasteiger partial charge is 0.233 e. The van der Waals surface area contributed by atoms with Crippen LogP contribution in [0.4, 0.5) is 0 Å². The average Bonchev–Trinajstić information content (AvgIpc) is 2.22. The quantitative estimate of drug-likeness (QED) is 0.211. The summed E-state index contributed by atoms with van der Waals surface area (Å²) in [5, 5.41) is 14.2. The SMILES string of the molecule is CC(C)CCCNC(=O)C(C)(C)C(N)=NO. The van der Waals surface area contributed by atoms with E-state index in [0.717, 1.165) is 12.8 Å². The molecule has 0 saturated heterocycles. The van der Waals surface area contributed by atoms with Gasteiger partial charge in [-0.15, -0.1) is 0 Å². The van der Waals surface area contributed by atoms with E-state index in [1.54, 1.807) is 13.8 Å². The second-order valence-electron chi connectivity index (χ2n) is 4.90. The molecule has 0 aliphatic carbocycles. The van der Waals surface area contributed by atoms with Crippen molar-refractivity contribution in [3.8, 4) is 0 Å². The van der Waals surface area contributed by atoms with Crippen molar-refractivity contribution in [1.29, 1.82) is 0 Å². The first kappa shape index (κ1) is 14.7. The lowest BCUT2D eigenvalue weighted by Crippen LogP contribution is -2.46. The Balaban J connectivity index is 4.07. The van der Waals surface area contributed by atoms with Crippen molar-refractivity contribution in [1.82, 2.24) is 5.32 Å². The van der Waals surface area contributed by atoms with Crippen LogP contribution in [0.15, 0.2) is 5.16 Å². The van der Waals surface area contributed by atoms with Crippen molar-refractivity contribution >= 4 is 11.7 Å². The van der Waals surface area contributed by atoms with E-state index in [9.17, 15) is 4.79 Å². The van der Waals surface area contributed by atoms with Crippen molar-refractivity contribution in [3.63, 3.8) is 0 Å². The zero-order chi connectivity index (χ0) is 12.8. The molecular formula is C11H23N3O2. The highest BCUT2D eigenvalue weighted by Crippen LogP contribution is 2.15. The number of carbonyl (C=O) groups is 1. The van der Waals surface area contributed by atoms with Crippen LogP contribution in [0.25, 0.3) is 0 Å². The highest BCUT2D eigenvalue weighted by atomic mass is 16.4. The van der Waals surface area contributed by atoms with Gasteiger partial charge in [0, 0.05) is 6.54 Å². The summed E-state index contributed by atoms with van der Waals surface area (Å²) in [6.45, 7) is 8.16. The molecule has 1 amide bonds. The molecule has 5 heteroatoms. The number of hydrogen-bond acceptors (Lipinski definition) is 3. The summed E-state index contributed by atoms with van der Waals surface area (Å²) in [6, 6.07) is 0. The van der Waals surface area contributed by atoms with Crippen LogP contribution in [0.3, 0.4) is 0 Å². The maximum atomic E-state index is 11.7. The third kappa shape index (κ3) is 4.51. The topological polar surface area (TPSA) is 87.7 Å². The van der Waals surface area contributed by atoms with Crippen LogP contribution in [-0.2, 0) is 4.79 Å². The van der Waals surface area contributed by atoms with Gasteiger partial charge in [0.15, 0.2) is 5.84 Å². The van der Waals surface area contributed by atoms with E-state index in [-0.39, 0.29) is 11.7 Å². The van der Waals surface area contributed by atoms with Gasteiger partial charge in [-0.05, 0) is 32.6 Å². The van der Waals surface area contributed by atoms with E-state index in [2.05, 4.69) is 24.3 Å². The number of nitrogens with zero attached hydrogens (tertiary/aromatic N) is 1. The third-order valence-corrected chi connectivity index (χ3v) is 2.56. The molecule has 0 aliphatic rings. The van der Waals surface area contributed by atoms with Crippen LogP contribution in [-0.4, -0.2) is 23.5 Å². The fraction of sp³-hybridized carbons (Fsp3) is 0.818. The number of amidine groups is 1. The van der Waals surface area contributed by atoms with Gasteiger partial charge in [-0.3, -0.25) is 4.79 Å². The maximum absolute atomic E-state index is 11.7. The van der Waals surface area contributed by atoms with Crippen LogP contribution in [0.5, 0.6) is 0 Å². The second kappa shape index (κ2) is 6.35. The van der Waals surface area contributed by atoms with Crippen LogP contribution in [0.2, 0.25) is 0 Å². The van der Waals surface area contributed by atoms with E-state index in [4.69, 9.17) is 10.9 Å². The van der Waals surface area contributed by atoms with Gasteiger partial charge >= 0.3 is 0 Å². The molecule has 5 nitrogen and oxygen atoms in total. The Kier molecular flexibility index (Phi) is 5.85. The van der Waals surface area contributed by atoms with Crippen molar-refractivity contribution in [3.05, 3.63) is 0 Å². The van der Waals surface area contributed by atoms with Gasteiger partial charge in [0.05, 0.1) is 0 Å². The lowest BCUT2D eigenvalue weighted by molar-refractivity contribution is -0.126. The monoisotopic (exact) mass is 229 g/mol. The first-order valence-corrected chi connectivity index (χ1v) is 5.58. The predicted molar refractivity (Wildman–Crippen MR) is 64.3 cm³/mol. The first-order chi connectivity index (χ1) is 7.32. The van der Waals surface area contributed by atoms with E-state index < -0.39 is 5.41 Å². The first-order valence-electron chi connectivity index (χ1n) is 5.58. The van der Waals surface area contributed by atoms with Gasteiger partial charge in [-0.25, -0.2) is 0 Å². The minimum atomic E-state index is -0.966. The van der Waals surface area contributed by atoms with Crippen molar-refractivity contribution in [2.45, 2.75) is 40.5 Å². The standard InChI is InChI=1S/C11H23N3O2/c1-8(2)6-5-7-13-10(15)11(3,4)9(12)14-16/h8,16H,5-7H2,1-4H3,(H2,12,14)(H,13,15). The van der Waals surface area contributed by atoms with Crippen LogP contribution in [0.1, 0.15) is 40.5 Å². The normalized spacial score (nSPS) is 12.9. The molecule has 94 valence electrons. The summed E-state index contributed by atoms with van der Waals surface area (Å²) in [5.41, 5.74) is 4.48. The fourth-order valence-electron chi connectivity index (χ4n) is 1.17. The van der Waals surface area contributed by atoms with Crippen LogP contribution >= 0.6 is 0 Å². The molecule has 0 saturated carbocycles. The van der Waals surface area contributed by atoms with Crippen molar-refractivity contribution in [2.75, 3.05) is 6.54 Å². The Bertz CT molecular complexity index is 260. The molecule has 0 aromatic carbocycles. The molecule has 0 bridgehead atoms. The zero-order valence-corrected chi connectivity index (χ0v) is 10.6. The molecule has 0 aromatic heterocycles. The van der Waals surface area contributed by atoms with Gasteiger partial charge < -0.3 is 16.3 Å². The number of rotatable bonds is 6. The Morgan fingerprint density at radius 2 is 2.06 bits per heavy atom. The molecule has 0 aliphatic heterocycles. The number of nitrogens with one attached hydrogen (secondary N) is 1. The summed E-state index contributed by atoms with van der Waals surface area (Å²) in [5.74, 6) is 0.342. The van der Waals surface area contributed by atoms with Gasteiger partial charge in [-0.2, -0.15) is 0 Å². The maximum Gasteiger partial charge on any atom is 0.233 e. The highest BCUT2D eigenvalue weighted by molar-refractivity contribution is 6.05. The molecular weight excluding hydrogens is 206 g/mol. The average molecular weight is 229 g/mol. The largest absolute Gasteiger partial charge is 0.409 e. The minimum Gasteiger partial charge on any atom is -0.409 e. The molecule has 16 heavy (non-hydrogen) atoms. The lowest BCUT2D eigenvalue weighted by Gasteiger charge is -2.21. The third-order valence-electron chi connectivity index (χ3n) is 2.56. The summed E-state index contributed by atoms with van der Waals surface area (Å²) in [7, 11) is 0. The van der Waals surface area contributed by atoms with Crippen molar-refractivity contribution < 1.29 is 10.0 Å². The van der Waals surface area contributed by atoms with E-state index >= 15 is 0 Å². The number of hydrogen-bond donors (Lipinski definition) is 3. The number of carbonyl (C=O) groups excluding carboxylic acids is 1. The van der Waals surface area contributed by atoms with Gasteiger partial charge in [0.1, 0.15) is 5.41 Å². The molecule has 0 aromatic rings. The van der Waals surface area contributed by atoms with E-state index in [1.807, 2.05) is 0 Å². The van der Waals surface area contributed by atoms with Crippen LogP contribution in [0, 0.1) is 11.3 Å². The lowest BCUT2D eigenvalue weighted by atomic mass is 9.91. The number of oxime groups is 1. The molecule has 0 spiro atoms. The molecule has 0 unspecified atom stereocenters. The van der Waals surface area contributed by atoms with E-state index in [0.29, 0.717) is 12.5 Å². The molecule has 0 fully saturated rings. The minimum absolute atomic E-state index is 0.0751. The number of amides is 1. The zero-order valence-electron chi connectivity index (χ0n) is 10.6. The molecule has 0 radical (unpaired) electrons. The van der Waals surface area contributed by atoms with Crippen molar-refractivity contribution in [2.24, 2.45) is 22.2 Å². The molecule has 4 N–H and O–H groups in total. The van der Waals surface area contributed by atoms with Gasteiger partial charge in [0.2, 0.25) is 5.91 Å². The Morgan fingerprint density at radius 1 is 1.50 bits per heavy atom. The predicted octanol–water partition coefficient (Wildman–Crippen LogP) is 1.31. The molecule has 0 heterocycles. The van der Waals surface area contributed by atoms with Crippen LogP contribution < -0.4 is 11.1 Å². The van der Waals surface area contributed by atoms with E-state index in [1.165, 1.54) is 0 Å². The Labute approximate surface area is 97.1 Å². The summed E-state index contributed by atoms with van der Waals surface area (Å²) in [6.07, 6.45) is 2.01. The van der Waals surface area contributed by atoms with Gasteiger partial charge in [0.25, 0.3) is 0 Å². The second-order valence-corrected chi connectivity index (χ2v) is 4.90. The summed E-state index contributed by atoms with van der Waals surface area (Å²) >= 11 is 0.